The molecule has 1 aromatic rings. The molecule has 3 rings (SSSR count). The minimum Gasteiger partial charge on any atom is -0.328 e. The van der Waals surface area contributed by atoms with E-state index < -0.39 is 41.2 Å². The molecule has 27 heavy (non-hydrogen) atoms. The molecule has 2 aliphatic rings. The quantitative estimate of drug-likeness (QED) is 0.753. The van der Waals surface area contributed by atoms with Gasteiger partial charge in [-0.3, -0.25) is 24.1 Å². The third-order valence-electron chi connectivity index (χ3n) is 4.79. The molecule has 1 unspecified atom stereocenters. The van der Waals surface area contributed by atoms with Crippen molar-refractivity contribution in [2.45, 2.75) is 38.3 Å². The number of hydrogen-bond donors (Lipinski definition) is 1. The first-order chi connectivity index (χ1) is 12.7. The number of carbonyl (C=O) groups excluding carboxylic acids is 5. The second-order valence-corrected chi connectivity index (χ2v) is 6.86. The van der Waals surface area contributed by atoms with Crippen LogP contribution < -0.4 is 5.32 Å². The number of carbonyl (C=O) groups is 5. The molecule has 0 bridgehead atoms. The number of hydroxylamine groups is 2. The second kappa shape index (κ2) is 6.58. The van der Waals surface area contributed by atoms with Gasteiger partial charge in [-0.05, 0) is 39.4 Å². The second-order valence-electron chi connectivity index (χ2n) is 6.86. The van der Waals surface area contributed by atoms with Crippen LogP contribution in [0, 0.1) is 0 Å². The summed E-state index contributed by atoms with van der Waals surface area (Å²) in [5.41, 5.74) is -0.734. The molecule has 1 N–H and O–H groups in total. The maximum absolute atomic E-state index is 12.8. The van der Waals surface area contributed by atoms with Crippen LogP contribution in [0.2, 0.25) is 0 Å². The number of nitrogens with zero attached hydrogens (tertiary/aromatic N) is 2. The van der Waals surface area contributed by atoms with E-state index in [-0.39, 0.29) is 24.0 Å². The lowest BCUT2D eigenvalue weighted by Crippen LogP contribution is -2.58. The average Bonchev–Trinajstić information content (AvgIpc) is 2.90. The first-order valence-corrected chi connectivity index (χ1v) is 8.44. The highest BCUT2D eigenvalue weighted by Gasteiger charge is 2.48. The fourth-order valence-electron chi connectivity index (χ4n) is 2.87. The Hall–Kier alpha value is -3.07. The monoisotopic (exact) mass is 373 g/mol. The Bertz CT molecular complexity index is 827. The Labute approximate surface area is 155 Å². The molecule has 9 nitrogen and oxygen atoms in total. The van der Waals surface area contributed by atoms with E-state index in [0.717, 1.165) is 4.90 Å². The standard InChI is InChI=1S/C18H19N3O6/c1-18(2,19-3)17(26)27-21-13(22)9-8-12(16(21)25)20-14(23)10-6-4-5-7-11(10)15(20)24/h4-7,12,19H,8-9H2,1-3H3. The fraction of sp³-hybridized carbons (Fsp3) is 0.389. The van der Waals surface area contributed by atoms with Gasteiger partial charge in [0.05, 0.1) is 11.1 Å². The highest BCUT2D eigenvalue weighted by Crippen LogP contribution is 2.29. The van der Waals surface area contributed by atoms with E-state index in [2.05, 4.69) is 5.32 Å². The van der Waals surface area contributed by atoms with Crippen molar-refractivity contribution < 1.29 is 28.8 Å². The van der Waals surface area contributed by atoms with Crippen LogP contribution in [0.5, 0.6) is 0 Å². The van der Waals surface area contributed by atoms with Gasteiger partial charge in [-0.1, -0.05) is 12.1 Å². The number of amides is 4. The van der Waals surface area contributed by atoms with Gasteiger partial charge in [0.25, 0.3) is 23.6 Å². The summed E-state index contributed by atoms with van der Waals surface area (Å²) in [6, 6.07) is 5.03. The van der Waals surface area contributed by atoms with Crippen molar-refractivity contribution in [3.63, 3.8) is 0 Å². The number of likely N-dealkylation sites (N-methyl/N-ethyl adjacent to an activating group) is 1. The third kappa shape index (κ3) is 2.99. The van der Waals surface area contributed by atoms with E-state index in [1.807, 2.05) is 0 Å². The van der Waals surface area contributed by atoms with Gasteiger partial charge in [0, 0.05) is 6.42 Å². The lowest BCUT2D eigenvalue weighted by Gasteiger charge is -2.34. The smallest absolute Gasteiger partial charge is 0.328 e. The van der Waals surface area contributed by atoms with Crippen LogP contribution >= 0.6 is 0 Å². The number of fused-ring (bicyclic) bond motifs is 1. The molecule has 0 aromatic heterocycles. The highest BCUT2D eigenvalue weighted by molar-refractivity contribution is 6.23. The van der Waals surface area contributed by atoms with Crippen molar-refractivity contribution in [1.82, 2.24) is 15.3 Å². The number of nitrogens with one attached hydrogen (secondary N) is 1. The van der Waals surface area contributed by atoms with Crippen LogP contribution in [0.15, 0.2) is 24.3 Å². The molecule has 1 aromatic carbocycles. The zero-order valence-electron chi connectivity index (χ0n) is 15.1. The third-order valence-corrected chi connectivity index (χ3v) is 4.79. The van der Waals surface area contributed by atoms with Crippen LogP contribution in [0.3, 0.4) is 0 Å². The van der Waals surface area contributed by atoms with Crippen LogP contribution in [0.25, 0.3) is 0 Å². The maximum Gasteiger partial charge on any atom is 0.352 e. The van der Waals surface area contributed by atoms with E-state index in [1.165, 1.54) is 33.0 Å². The minimum atomic E-state index is -1.21. The predicted octanol–water partition coefficient (Wildman–Crippen LogP) is 0.256. The van der Waals surface area contributed by atoms with E-state index in [9.17, 15) is 24.0 Å². The maximum atomic E-state index is 12.8. The molecule has 0 aliphatic carbocycles. The largest absolute Gasteiger partial charge is 0.352 e. The summed E-state index contributed by atoms with van der Waals surface area (Å²) >= 11 is 0. The van der Waals surface area contributed by atoms with E-state index in [4.69, 9.17) is 4.84 Å². The van der Waals surface area contributed by atoms with E-state index in [1.54, 1.807) is 12.1 Å². The Morgan fingerprint density at radius 2 is 1.67 bits per heavy atom. The van der Waals surface area contributed by atoms with Crippen LogP contribution in [0.1, 0.15) is 47.4 Å². The molecule has 142 valence electrons. The van der Waals surface area contributed by atoms with Gasteiger partial charge in [0.1, 0.15) is 11.6 Å². The van der Waals surface area contributed by atoms with Gasteiger partial charge in [-0.25, -0.2) is 4.79 Å². The van der Waals surface area contributed by atoms with Crippen molar-refractivity contribution >= 4 is 29.6 Å². The van der Waals surface area contributed by atoms with Crippen molar-refractivity contribution in [1.29, 1.82) is 0 Å². The molecule has 4 amide bonds. The number of benzene rings is 1. The molecule has 1 fully saturated rings. The molecule has 2 aliphatic heterocycles. The normalized spacial score (nSPS) is 20.2. The van der Waals surface area contributed by atoms with Crippen LogP contribution in [-0.4, -0.2) is 58.2 Å². The average molecular weight is 373 g/mol. The molecular formula is C18H19N3O6. The van der Waals surface area contributed by atoms with Gasteiger partial charge in [-0.2, -0.15) is 0 Å². The summed E-state index contributed by atoms with van der Waals surface area (Å²) in [6.45, 7) is 3.05. The van der Waals surface area contributed by atoms with Gasteiger partial charge in [0.2, 0.25) is 0 Å². The molecule has 1 atom stereocenters. The molecule has 1 saturated heterocycles. The Morgan fingerprint density at radius 1 is 1.11 bits per heavy atom. The zero-order valence-corrected chi connectivity index (χ0v) is 15.1. The summed E-state index contributed by atoms with van der Waals surface area (Å²) < 4.78 is 0. The van der Waals surface area contributed by atoms with Gasteiger partial charge >= 0.3 is 5.97 Å². The molecule has 0 saturated carbocycles. The zero-order chi connectivity index (χ0) is 19.9. The Kier molecular flexibility index (Phi) is 4.56. The number of imide groups is 2. The van der Waals surface area contributed by atoms with Gasteiger partial charge in [0.15, 0.2) is 0 Å². The van der Waals surface area contributed by atoms with Crippen molar-refractivity contribution in [2.24, 2.45) is 0 Å². The number of piperidine rings is 1. The molecule has 2 heterocycles. The fourth-order valence-corrected chi connectivity index (χ4v) is 2.87. The summed E-state index contributed by atoms with van der Waals surface area (Å²) in [5.74, 6) is -3.67. The van der Waals surface area contributed by atoms with Crippen LogP contribution in [-0.2, 0) is 19.2 Å². The lowest BCUT2D eigenvalue weighted by molar-refractivity contribution is -0.211. The van der Waals surface area contributed by atoms with Crippen molar-refractivity contribution in [3.05, 3.63) is 35.4 Å². The highest BCUT2D eigenvalue weighted by atomic mass is 16.7. The van der Waals surface area contributed by atoms with Gasteiger partial charge < -0.3 is 10.2 Å². The minimum absolute atomic E-state index is 0.0212. The first-order valence-electron chi connectivity index (χ1n) is 8.44. The van der Waals surface area contributed by atoms with Crippen molar-refractivity contribution in [2.75, 3.05) is 7.05 Å². The number of hydrogen-bond acceptors (Lipinski definition) is 7. The summed E-state index contributed by atoms with van der Waals surface area (Å²) in [5, 5.41) is 3.07. The molecule has 0 spiro atoms. The topological polar surface area (TPSA) is 113 Å². The van der Waals surface area contributed by atoms with Crippen molar-refractivity contribution in [3.8, 4) is 0 Å². The number of rotatable bonds is 4. The van der Waals surface area contributed by atoms with E-state index >= 15 is 0 Å². The Morgan fingerprint density at radius 3 is 2.19 bits per heavy atom. The molecule has 0 radical (unpaired) electrons. The van der Waals surface area contributed by atoms with Crippen LogP contribution in [0.4, 0.5) is 0 Å². The lowest BCUT2D eigenvalue weighted by atomic mass is 10.0. The summed E-state index contributed by atoms with van der Waals surface area (Å²) in [6.07, 6.45) is -0.163. The molecule has 9 heteroatoms. The van der Waals surface area contributed by atoms with Gasteiger partial charge in [-0.15, -0.1) is 5.06 Å². The van der Waals surface area contributed by atoms with E-state index in [0.29, 0.717) is 5.06 Å². The Balaban J connectivity index is 1.86. The summed E-state index contributed by atoms with van der Waals surface area (Å²) in [7, 11) is 1.53. The predicted molar refractivity (Wildman–Crippen MR) is 91.0 cm³/mol. The summed E-state index contributed by atoms with van der Waals surface area (Å²) in [4.78, 5) is 68.1. The first kappa shape index (κ1) is 18.7. The molecular weight excluding hydrogens is 354 g/mol. The SMILES string of the molecule is CNC(C)(C)C(=O)ON1C(=O)CCC(N2C(=O)c3ccccc3C2=O)C1=O.